The molecule has 0 rings (SSSR count). The molecule has 0 heterocycles. The van der Waals surface area contributed by atoms with Crippen molar-refractivity contribution in [3.8, 4) is 0 Å². The van der Waals surface area contributed by atoms with Crippen molar-refractivity contribution in [2.24, 2.45) is 5.73 Å². The van der Waals surface area contributed by atoms with Gasteiger partial charge in [0.05, 0.1) is 6.10 Å². The molecule has 0 aliphatic rings. The van der Waals surface area contributed by atoms with Crippen LogP contribution in [0.25, 0.3) is 0 Å². The van der Waals surface area contributed by atoms with Crippen molar-refractivity contribution in [2.75, 3.05) is 13.7 Å². The third-order valence-electron chi connectivity index (χ3n) is 1.11. The fourth-order valence-corrected chi connectivity index (χ4v) is 0.463. The van der Waals surface area contributed by atoms with Gasteiger partial charge >= 0.3 is 0 Å². The van der Waals surface area contributed by atoms with Crippen LogP contribution in [0.5, 0.6) is 0 Å². The van der Waals surface area contributed by atoms with Gasteiger partial charge in [-0.2, -0.15) is 0 Å². The van der Waals surface area contributed by atoms with E-state index >= 15 is 0 Å². The van der Waals surface area contributed by atoms with Crippen LogP contribution in [0.15, 0.2) is 12.2 Å². The lowest BCUT2D eigenvalue weighted by Gasteiger charge is -2.00. The Bertz CT molecular complexity index is 81.0. The van der Waals surface area contributed by atoms with Crippen LogP contribution in [0.1, 0.15) is 13.3 Å². The van der Waals surface area contributed by atoms with Crippen LogP contribution < -0.4 is 5.73 Å². The van der Waals surface area contributed by atoms with Gasteiger partial charge in [-0.1, -0.05) is 12.2 Å². The van der Waals surface area contributed by atoms with E-state index in [1.807, 2.05) is 19.1 Å². The highest BCUT2D eigenvalue weighted by atomic mass is 16.5. The van der Waals surface area contributed by atoms with Crippen LogP contribution in [0, 0.1) is 0 Å². The second kappa shape index (κ2) is 5.79. The fraction of sp³-hybridized carbons (Fsp3) is 0.714. The van der Waals surface area contributed by atoms with Crippen molar-refractivity contribution in [1.82, 2.24) is 0 Å². The predicted octanol–water partition coefficient (Wildman–Crippen LogP) is 0.926. The van der Waals surface area contributed by atoms with E-state index in [-0.39, 0.29) is 6.10 Å². The molecule has 2 heteroatoms. The lowest BCUT2D eigenvalue weighted by Crippen LogP contribution is -2.00. The summed E-state index contributed by atoms with van der Waals surface area (Å²) >= 11 is 0. The molecule has 0 fully saturated rings. The molecule has 1 atom stereocenters. The minimum Gasteiger partial charge on any atom is -0.378 e. The Hall–Kier alpha value is -0.340. The zero-order valence-electron chi connectivity index (χ0n) is 6.13. The minimum absolute atomic E-state index is 0.219. The van der Waals surface area contributed by atoms with E-state index in [1.54, 1.807) is 7.11 Å². The number of rotatable bonds is 4. The SMILES string of the molecule is COC(C)/C=C/CCN. The normalized spacial score (nSPS) is 14.6. The van der Waals surface area contributed by atoms with Crippen LogP contribution in [0.2, 0.25) is 0 Å². The first-order valence-electron chi connectivity index (χ1n) is 3.20. The van der Waals surface area contributed by atoms with Gasteiger partial charge < -0.3 is 10.5 Å². The Kier molecular flexibility index (Phi) is 5.57. The molecule has 1 unspecified atom stereocenters. The summed E-state index contributed by atoms with van der Waals surface area (Å²) in [5.74, 6) is 0. The van der Waals surface area contributed by atoms with Gasteiger partial charge in [0.1, 0.15) is 0 Å². The Morgan fingerprint density at radius 3 is 2.78 bits per heavy atom. The van der Waals surface area contributed by atoms with E-state index in [2.05, 4.69) is 0 Å². The number of methoxy groups -OCH3 is 1. The molecule has 0 aliphatic carbocycles. The van der Waals surface area contributed by atoms with E-state index in [0.717, 1.165) is 6.42 Å². The molecule has 0 amide bonds. The smallest absolute Gasteiger partial charge is 0.0723 e. The van der Waals surface area contributed by atoms with Crippen molar-refractivity contribution in [3.63, 3.8) is 0 Å². The first kappa shape index (κ1) is 8.66. The number of hydrogen-bond acceptors (Lipinski definition) is 2. The largest absolute Gasteiger partial charge is 0.378 e. The van der Waals surface area contributed by atoms with Crippen molar-refractivity contribution >= 4 is 0 Å². The fourth-order valence-electron chi connectivity index (χ4n) is 0.463. The van der Waals surface area contributed by atoms with E-state index in [0.29, 0.717) is 6.54 Å². The molecular formula is C7H15NO. The van der Waals surface area contributed by atoms with Crippen LogP contribution in [-0.4, -0.2) is 19.8 Å². The quantitative estimate of drug-likeness (QED) is 0.573. The number of ether oxygens (including phenoxy) is 1. The molecular weight excluding hydrogens is 114 g/mol. The highest BCUT2D eigenvalue weighted by Crippen LogP contribution is 1.90. The van der Waals surface area contributed by atoms with E-state index in [9.17, 15) is 0 Å². The molecule has 0 aliphatic heterocycles. The van der Waals surface area contributed by atoms with Crippen LogP contribution in [0.3, 0.4) is 0 Å². The van der Waals surface area contributed by atoms with Gasteiger partial charge in [0, 0.05) is 7.11 Å². The highest BCUT2D eigenvalue weighted by molar-refractivity contribution is 4.86. The standard InChI is InChI=1S/C7H15NO/c1-7(9-2)5-3-4-6-8/h3,5,7H,4,6,8H2,1-2H3/b5-3+. The predicted molar refractivity (Wildman–Crippen MR) is 39.3 cm³/mol. The van der Waals surface area contributed by atoms with Crippen LogP contribution >= 0.6 is 0 Å². The summed E-state index contributed by atoms with van der Waals surface area (Å²) in [6.45, 7) is 2.71. The second-order valence-electron chi connectivity index (χ2n) is 1.95. The Morgan fingerprint density at radius 1 is 1.67 bits per heavy atom. The first-order valence-corrected chi connectivity index (χ1v) is 3.20. The van der Waals surface area contributed by atoms with Gasteiger partial charge in [0.15, 0.2) is 0 Å². The lowest BCUT2D eigenvalue weighted by molar-refractivity contribution is 0.156. The first-order chi connectivity index (χ1) is 4.31. The molecule has 0 aromatic heterocycles. The lowest BCUT2D eigenvalue weighted by atomic mass is 10.3. The Balaban J connectivity index is 3.20. The molecule has 0 aromatic carbocycles. The molecule has 0 spiro atoms. The molecule has 0 saturated heterocycles. The molecule has 9 heavy (non-hydrogen) atoms. The van der Waals surface area contributed by atoms with Gasteiger partial charge in [0.2, 0.25) is 0 Å². The average molecular weight is 129 g/mol. The third kappa shape index (κ3) is 5.53. The van der Waals surface area contributed by atoms with E-state index in [1.165, 1.54) is 0 Å². The maximum Gasteiger partial charge on any atom is 0.0723 e. The van der Waals surface area contributed by atoms with Crippen molar-refractivity contribution in [1.29, 1.82) is 0 Å². The van der Waals surface area contributed by atoms with Gasteiger partial charge in [-0.15, -0.1) is 0 Å². The van der Waals surface area contributed by atoms with Crippen molar-refractivity contribution < 1.29 is 4.74 Å². The van der Waals surface area contributed by atoms with Gasteiger partial charge in [-0.05, 0) is 19.9 Å². The Labute approximate surface area is 56.7 Å². The third-order valence-corrected chi connectivity index (χ3v) is 1.11. The van der Waals surface area contributed by atoms with Crippen molar-refractivity contribution in [2.45, 2.75) is 19.4 Å². The number of hydrogen-bond donors (Lipinski definition) is 1. The monoisotopic (exact) mass is 129 g/mol. The Morgan fingerprint density at radius 2 is 2.33 bits per heavy atom. The molecule has 0 radical (unpaired) electrons. The van der Waals surface area contributed by atoms with Crippen LogP contribution in [0.4, 0.5) is 0 Å². The summed E-state index contributed by atoms with van der Waals surface area (Å²) in [6, 6.07) is 0. The summed E-state index contributed by atoms with van der Waals surface area (Å²) < 4.78 is 4.97. The number of nitrogens with two attached hydrogens (primary N) is 1. The molecule has 0 bridgehead atoms. The maximum absolute atomic E-state index is 5.26. The van der Waals surface area contributed by atoms with Gasteiger partial charge in [-0.25, -0.2) is 0 Å². The molecule has 2 N–H and O–H groups in total. The van der Waals surface area contributed by atoms with Crippen molar-refractivity contribution in [3.05, 3.63) is 12.2 Å². The zero-order chi connectivity index (χ0) is 7.11. The average Bonchev–Trinajstić information content (AvgIpc) is 1.89. The summed E-state index contributed by atoms with van der Waals surface area (Å²) in [5, 5.41) is 0. The molecule has 0 aromatic rings. The zero-order valence-corrected chi connectivity index (χ0v) is 6.13. The maximum atomic E-state index is 5.26. The van der Waals surface area contributed by atoms with Crippen LogP contribution in [-0.2, 0) is 4.74 Å². The topological polar surface area (TPSA) is 35.2 Å². The van der Waals surface area contributed by atoms with Gasteiger partial charge in [0.25, 0.3) is 0 Å². The summed E-state index contributed by atoms with van der Waals surface area (Å²) in [6.07, 6.45) is 5.20. The molecule has 54 valence electrons. The summed E-state index contributed by atoms with van der Waals surface area (Å²) in [5.41, 5.74) is 5.26. The summed E-state index contributed by atoms with van der Waals surface area (Å²) in [4.78, 5) is 0. The van der Waals surface area contributed by atoms with E-state index < -0.39 is 0 Å². The van der Waals surface area contributed by atoms with E-state index in [4.69, 9.17) is 10.5 Å². The summed E-state index contributed by atoms with van der Waals surface area (Å²) in [7, 11) is 1.69. The molecule has 2 nitrogen and oxygen atoms in total. The van der Waals surface area contributed by atoms with Gasteiger partial charge in [-0.3, -0.25) is 0 Å². The molecule has 0 saturated carbocycles. The minimum atomic E-state index is 0.219. The highest BCUT2D eigenvalue weighted by Gasteiger charge is 1.87. The second-order valence-corrected chi connectivity index (χ2v) is 1.95.